The molecule has 0 aliphatic heterocycles. The summed E-state index contributed by atoms with van der Waals surface area (Å²) in [7, 11) is 0. The normalized spacial score (nSPS) is 12.0. The molecule has 5 aromatic rings. The Labute approximate surface area is 182 Å². The van der Waals surface area contributed by atoms with Crippen LogP contribution in [0.15, 0.2) is 71.0 Å². The third-order valence-electron chi connectivity index (χ3n) is 4.80. The Kier molecular flexibility index (Phi) is 4.89. The number of halogens is 3. The molecular weight excluding hydrogens is 441 g/mol. The number of para-hydroxylation sites is 1. The van der Waals surface area contributed by atoms with Gasteiger partial charge in [-0.1, -0.05) is 30.0 Å². The van der Waals surface area contributed by atoms with E-state index in [4.69, 9.17) is 0 Å². The molecule has 7 nitrogen and oxygen atoms in total. The van der Waals surface area contributed by atoms with Crippen LogP contribution in [-0.2, 0) is 11.9 Å². The van der Waals surface area contributed by atoms with Gasteiger partial charge in [0.1, 0.15) is 22.7 Å². The highest BCUT2D eigenvalue weighted by Crippen LogP contribution is 2.31. The largest absolute Gasteiger partial charge is 0.416 e. The van der Waals surface area contributed by atoms with Gasteiger partial charge >= 0.3 is 6.18 Å². The summed E-state index contributed by atoms with van der Waals surface area (Å²) in [5, 5.41) is 0.905. The van der Waals surface area contributed by atoms with Crippen LogP contribution in [0.25, 0.3) is 27.8 Å². The van der Waals surface area contributed by atoms with Gasteiger partial charge in [-0.05, 0) is 30.3 Å². The van der Waals surface area contributed by atoms with E-state index in [9.17, 15) is 18.0 Å². The fourth-order valence-electron chi connectivity index (χ4n) is 3.35. The van der Waals surface area contributed by atoms with Gasteiger partial charge in [-0.25, -0.2) is 19.9 Å². The second kappa shape index (κ2) is 7.75. The molecule has 0 radical (unpaired) electrons. The SMILES string of the molecule is O=c1c2ccccc2nc(CSc2ncnc3nc[nH]c23)n1-c1cccc(C(F)(F)F)c1. The second-order valence-corrected chi connectivity index (χ2v) is 7.77. The predicted octanol–water partition coefficient (Wildman–Crippen LogP) is 4.36. The van der Waals surface area contributed by atoms with Gasteiger partial charge in [-0.3, -0.25) is 9.36 Å². The topological polar surface area (TPSA) is 89.3 Å². The van der Waals surface area contributed by atoms with E-state index in [0.29, 0.717) is 32.9 Å². The average Bonchev–Trinajstić information content (AvgIpc) is 3.27. The van der Waals surface area contributed by atoms with Gasteiger partial charge < -0.3 is 4.98 Å². The van der Waals surface area contributed by atoms with Gasteiger partial charge in [0, 0.05) is 0 Å². The van der Waals surface area contributed by atoms with E-state index in [-0.39, 0.29) is 11.4 Å². The Morgan fingerprint density at radius 1 is 1.03 bits per heavy atom. The van der Waals surface area contributed by atoms with Crippen LogP contribution in [0, 0.1) is 0 Å². The molecule has 0 amide bonds. The molecule has 2 aromatic carbocycles. The lowest BCUT2D eigenvalue weighted by molar-refractivity contribution is -0.137. The summed E-state index contributed by atoms with van der Waals surface area (Å²) in [5.41, 5.74) is 0.387. The van der Waals surface area contributed by atoms with E-state index in [1.54, 1.807) is 24.3 Å². The molecule has 0 saturated heterocycles. The third-order valence-corrected chi connectivity index (χ3v) is 5.79. The van der Waals surface area contributed by atoms with Crippen LogP contribution in [-0.4, -0.2) is 29.5 Å². The number of hydrogen-bond acceptors (Lipinski definition) is 6. The minimum atomic E-state index is -4.54. The Hall–Kier alpha value is -3.73. The molecule has 0 saturated carbocycles. The summed E-state index contributed by atoms with van der Waals surface area (Å²) in [6.45, 7) is 0. The maximum atomic E-state index is 13.3. The van der Waals surface area contributed by atoms with Gasteiger partial charge in [-0.2, -0.15) is 13.2 Å². The summed E-state index contributed by atoms with van der Waals surface area (Å²) in [6.07, 6.45) is -1.67. The monoisotopic (exact) mass is 454 g/mol. The minimum absolute atomic E-state index is 0.0908. The van der Waals surface area contributed by atoms with E-state index < -0.39 is 17.3 Å². The van der Waals surface area contributed by atoms with E-state index >= 15 is 0 Å². The van der Waals surface area contributed by atoms with Gasteiger partial charge in [0.05, 0.1) is 34.2 Å². The van der Waals surface area contributed by atoms with Crippen LogP contribution < -0.4 is 5.56 Å². The zero-order valence-corrected chi connectivity index (χ0v) is 17.0. The van der Waals surface area contributed by atoms with Gasteiger partial charge in [0.15, 0.2) is 5.65 Å². The van der Waals surface area contributed by atoms with Crippen LogP contribution >= 0.6 is 11.8 Å². The quantitative estimate of drug-likeness (QED) is 0.321. The van der Waals surface area contributed by atoms with E-state index in [1.165, 1.54) is 41.1 Å². The van der Waals surface area contributed by atoms with Crippen LogP contribution in [0.4, 0.5) is 13.2 Å². The molecular formula is C21H13F3N6OS. The van der Waals surface area contributed by atoms with Crippen molar-refractivity contribution in [2.75, 3.05) is 0 Å². The first-order chi connectivity index (χ1) is 15.4. The molecule has 0 unspecified atom stereocenters. The zero-order valence-electron chi connectivity index (χ0n) is 16.2. The first-order valence-electron chi connectivity index (χ1n) is 9.37. The zero-order chi connectivity index (χ0) is 22.3. The fraction of sp³-hybridized carbons (Fsp3) is 0.0952. The van der Waals surface area contributed by atoms with Crippen molar-refractivity contribution >= 4 is 33.8 Å². The number of benzene rings is 2. The molecule has 0 fully saturated rings. The number of rotatable bonds is 4. The summed E-state index contributed by atoms with van der Waals surface area (Å²) in [5.74, 6) is 0.478. The first-order valence-corrected chi connectivity index (χ1v) is 10.4. The van der Waals surface area contributed by atoms with E-state index in [0.717, 1.165) is 12.1 Å². The van der Waals surface area contributed by atoms with Crippen molar-refractivity contribution in [1.29, 1.82) is 0 Å². The molecule has 5 rings (SSSR count). The van der Waals surface area contributed by atoms with Crippen LogP contribution in [0.3, 0.4) is 0 Å². The second-order valence-electron chi connectivity index (χ2n) is 6.80. The highest BCUT2D eigenvalue weighted by molar-refractivity contribution is 7.98. The van der Waals surface area contributed by atoms with Crippen LogP contribution in [0.2, 0.25) is 0 Å². The van der Waals surface area contributed by atoms with Gasteiger partial charge in [0.25, 0.3) is 5.56 Å². The van der Waals surface area contributed by atoms with Gasteiger partial charge in [-0.15, -0.1) is 0 Å². The molecule has 3 aromatic heterocycles. The first kappa shape index (κ1) is 20.2. The molecule has 0 spiro atoms. The maximum absolute atomic E-state index is 13.3. The molecule has 32 heavy (non-hydrogen) atoms. The van der Waals surface area contributed by atoms with Crippen molar-refractivity contribution in [3.8, 4) is 5.69 Å². The molecule has 1 N–H and O–H groups in total. The number of thioether (sulfide) groups is 1. The standard InChI is InChI=1S/C21H13F3N6OS/c22-21(23,24)12-4-3-5-13(8-12)30-16(29-15-7-2-1-6-14(15)20(30)31)9-32-19-17-18(26-10-25-17)27-11-28-19/h1-8,10-11H,9H2,(H,25,26,27,28). The predicted molar refractivity (Wildman–Crippen MR) is 114 cm³/mol. The lowest BCUT2D eigenvalue weighted by Gasteiger charge is -2.15. The molecule has 160 valence electrons. The molecule has 0 aliphatic carbocycles. The van der Waals surface area contributed by atoms with Crippen molar-refractivity contribution in [1.82, 2.24) is 29.5 Å². The number of nitrogens with one attached hydrogen (secondary N) is 1. The smallest absolute Gasteiger partial charge is 0.341 e. The van der Waals surface area contributed by atoms with Crippen LogP contribution in [0.5, 0.6) is 0 Å². The van der Waals surface area contributed by atoms with Crippen molar-refractivity contribution in [3.05, 3.63) is 82.9 Å². The number of H-pyrrole nitrogens is 1. The number of fused-ring (bicyclic) bond motifs is 2. The third kappa shape index (κ3) is 3.60. The number of alkyl halides is 3. The number of nitrogens with zero attached hydrogens (tertiary/aromatic N) is 5. The molecule has 11 heteroatoms. The number of aromatic amines is 1. The van der Waals surface area contributed by atoms with Crippen molar-refractivity contribution in [2.24, 2.45) is 0 Å². The summed E-state index contributed by atoms with van der Waals surface area (Å²) in [4.78, 5) is 33.2. The van der Waals surface area contributed by atoms with E-state index in [1.807, 2.05) is 0 Å². The number of aromatic nitrogens is 6. The van der Waals surface area contributed by atoms with Gasteiger partial charge in [0.2, 0.25) is 0 Å². The van der Waals surface area contributed by atoms with Crippen molar-refractivity contribution in [2.45, 2.75) is 17.0 Å². The molecule has 0 aliphatic rings. The Bertz CT molecular complexity index is 1510. The van der Waals surface area contributed by atoms with E-state index in [2.05, 4.69) is 24.9 Å². The van der Waals surface area contributed by atoms with Crippen molar-refractivity contribution < 1.29 is 13.2 Å². The lowest BCUT2D eigenvalue weighted by atomic mass is 10.2. The Morgan fingerprint density at radius 3 is 2.72 bits per heavy atom. The van der Waals surface area contributed by atoms with Crippen molar-refractivity contribution in [3.63, 3.8) is 0 Å². The minimum Gasteiger partial charge on any atom is -0.341 e. The Morgan fingerprint density at radius 2 is 1.88 bits per heavy atom. The summed E-state index contributed by atoms with van der Waals surface area (Å²) >= 11 is 1.28. The average molecular weight is 454 g/mol. The fourth-order valence-corrected chi connectivity index (χ4v) is 4.22. The number of hydrogen-bond donors (Lipinski definition) is 1. The molecule has 0 bridgehead atoms. The van der Waals surface area contributed by atoms with Crippen LogP contribution in [0.1, 0.15) is 11.4 Å². The molecule has 0 atom stereocenters. The lowest BCUT2D eigenvalue weighted by Crippen LogP contribution is -2.24. The summed E-state index contributed by atoms with van der Waals surface area (Å²) < 4.78 is 41.1. The summed E-state index contributed by atoms with van der Waals surface area (Å²) in [6, 6.07) is 11.4. The molecule has 3 heterocycles. The Balaban J connectivity index is 1.65. The maximum Gasteiger partial charge on any atom is 0.416 e. The highest BCUT2D eigenvalue weighted by atomic mass is 32.2. The number of imidazole rings is 1. The highest BCUT2D eigenvalue weighted by Gasteiger charge is 2.31.